The van der Waals surface area contributed by atoms with Crippen molar-refractivity contribution >= 4 is 21.9 Å². The molecular weight excluding hydrogens is 392 g/mol. The predicted octanol–water partition coefficient (Wildman–Crippen LogP) is 3.21. The van der Waals surface area contributed by atoms with Gasteiger partial charge in [0.2, 0.25) is 0 Å². The van der Waals surface area contributed by atoms with Gasteiger partial charge in [-0.3, -0.25) is 4.79 Å². The summed E-state index contributed by atoms with van der Waals surface area (Å²) in [5.41, 5.74) is 0. The SMILES string of the molecule is CCCCC(CC)C(=O)OCCOCCOCCOCCOCCBr. The maximum atomic E-state index is 11.9. The molecule has 0 aliphatic carbocycles. The molecule has 0 N–H and O–H groups in total. The fraction of sp³-hybridized carbons (Fsp3) is 0.944. The molecule has 0 bridgehead atoms. The van der Waals surface area contributed by atoms with Crippen molar-refractivity contribution in [3.8, 4) is 0 Å². The molecule has 1 unspecified atom stereocenters. The van der Waals surface area contributed by atoms with Crippen LogP contribution < -0.4 is 0 Å². The minimum Gasteiger partial charge on any atom is -0.463 e. The van der Waals surface area contributed by atoms with E-state index in [4.69, 9.17) is 23.7 Å². The smallest absolute Gasteiger partial charge is 0.308 e. The zero-order valence-corrected chi connectivity index (χ0v) is 17.4. The molecule has 7 heteroatoms. The maximum Gasteiger partial charge on any atom is 0.308 e. The van der Waals surface area contributed by atoms with E-state index in [1.807, 2.05) is 6.92 Å². The van der Waals surface area contributed by atoms with Crippen LogP contribution in [0.15, 0.2) is 0 Å². The molecule has 0 aromatic heterocycles. The third-order valence-electron chi connectivity index (χ3n) is 3.54. The molecule has 0 spiro atoms. The van der Waals surface area contributed by atoms with Gasteiger partial charge in [-0.15, -0.1) is 0 Å². The van der Waals surface area contributed by atoms with Crippen molar-refractivity contribution in [2.75, 3.05) is 64.8 Å². The fourth-order valence-electron chi connectivity index (χ4n) is 2.07. The van der Waals surface area contributed by atoms with Crippen molar-refractivity contribution in [2.45, 2.75) is 39.5 Å². The minimum atomic E-state index is -0.104. The molecule has 25 heavy (non-hydrogen) atoms. The summed E-state index contributed by atoms with van der Waals surface area (Å²) >= 11 is 3.29. The lowest BCUT2D eigenvalue weighted by Crippen LogP contribution is -2.20. The summed E-state index contributed by atoms with van der Waals surface area (Å²) in [5, 5.41) is 0.841. The van der Waals surface area contributed by atoms with Crippen molar-refractivity contribution in [2.24, 2.45) is 5.92 Å². The largest absolute Gasteiger partial charge is 0.463 e. The number of esters is 1. The van der Waals surface area contributed by atoms with E-state index in [0.29, 0.717) is 59.5 Å². The Hall–Kier alpha value is -0.210. The van der Waals surface area contributed by atoms with Crippen LogP contribution in [-0.4, -0.2) is 70.8 Å². The molecule has 0 rings (SSSR count). The number of carbonyl (C=O) groups is 1. The fourth-order valence-corrected chi connectivity index (χ4v) is 2.30. The van der Waals surface area contributed by atoms with E-state index >= 15 is 0 Å². The Bertz CT molecular complexity index is 291. The van der Waals surface area contributed by atoms with Crippen molar-refractivity contribution in [1.29, 1.82) is 0 Å². The van der Waals surface area contributed by atoms with Crippen LogP contribution in [0.25, 0.3) is 0 Å². The highest BCUT2D eigenvalue weighted by molar-refractivity contribution is 9.09. The lowest BCUT2D eigenvalue weighted by molar-refractivity contribution is -0.150. The normalized spacial score (nSPS) is 12.3. The van der Waals surface area contributed by atoms with Crippen LogP contribution in [0, 0.1) is 5.92 Å². The van der Waals surface area contributed by atoms with E-state index in [2.05, 4.69) is 22.9 Å². The lowest BCUT2D eigenvalue weighted by atomic mass is 10.00. The summed E-state index contributed by atoms with van der Waals surface area (Å²) in [6.45, 7) is 8.81. The number of ether oxygens (including phenoxy) is 5. The molecule has 0 aromatic rings. The molecular formula is C18H35BrO6. The molecule has 0 saturated heterocycles. The van der Waals surface area contributed by atoms with Gasteiger partial charge in [0.05, 0.1) is 58.8 Å². The molecule has 0 fully saturated rings. The van der Waals surface area contributed by atoms with Gasteiger partial charge >= 0.3 is 5.97 Å². The van der Waals surface area contributed by atoms with Crippen LogP contribution in [0.4, 0.5) is 0 Å². The zero-order valence-electron chi connectivity index (χ0n) is 15.8. The maximum absolute atomic E-state index is 11.9. The van der Waals surface area contributed by atoms with Gasteiger partial charge in [-0.2, -0.15) is 0 Å². The predicted molar refractivity (Wildman–Crippen MR) is 101 cm³/mol. The number of halogens is 1. The van der Waals surface area contributed by atoms with Gasteiger partial charge in [0.1, 0.15) is 6.61 Å². The lowest BCUT2D eigenvalue weighted by Gasteiger charge is -2.13. The van der Waals surface area contributed by atoms with Gasteiger partial charge < -0.3 is 23.7 Å². The number of rotatable bonds is 19. The molecule has 0 amide bonds. The molecule has 0 aliphatic rings. The first-order chi connectivity index (χ1) is 12.3. The Labute approximate surface area is 161 Å². The summed E-state index contributed by atoms with van der Waals surface area (Å²) in [6.07, 6.45) is 3.90. The second-order valence-electron chi connectivity index (χ2n) is 5.55. The van der Waals surface area contributed by atoms with Crippen molar-refractivity contribution in [1.82, 2.24) is 0 Å². The van der Waals surface area contributed by atoms with E-state index in [-0.39, 0.29) is 11.9 Å². The van der Waals surface area contributed by atoms with E-state index in [9.17, 15) is 4.79 Å². The van der Waals surface area contributed by atoms with Gasteiger partial charge in [0, 0.05) is 5.33 Å². The number of unbranched alkanes of at least 4 members (excludes halogenated alkanes) is 1. The summed E-state index contributed by atoms with van der Waals surface area (Å²) < 4.78 is 26.6. The first-order valence-electron chi connectivity index (χ1n) is 9.29. The van der Waals surface area contributed by atoms with Gasteiger partial charge in [-0.1, -0.05) is 42.6 Å². The average Bonchev–Trinajstić information content (AvgIpc) is 2.62. The first kappa shape index (κ1) is 24.8. The highest BCUT2D eigenvalue weighted by atomic mass is 79.9. The van der Waals surface area contributed by atoms with Crippen LogP contribution in [0.3, 0.4) is 0 Å². The molecule has 0 heterocycles. The Morgan fingerprint density at radius 3 is 1.72 bits per heavy atom. The van der Waals surface area contributed by atoms with E-state index in [1.165, 1.54) is 0 Å². The summed E-state index contributed by atoms with van der Waals surface area (Å²) in [5.74, 6) is -0.0822. The number of alkyl halides is 1. The van der Waals surface area contributed by atoms with Crippen LogP contribution in [-0.2, 0) is 28.5 Å². The second kappa shape index (κ2) is 20.1. The molecule has 0 aromatic carbocycles. The second-order valence-corrected chi connectivity index (χ2v) is 6.35. The summed E-state index contributed by atoms with van der Waals surface area (Å²) in [4.78, 5) is 11.9. The van der Waals surface area contributed by atoms with Gasteiger partial charge in [-0.25, -0.2) is 0 Å². The molecule has 0 radical (unpaired) electrons. The Kier molecular flexibility index (Phi) is 19.9. The van der Waals surface area contributed by atoms with E-state index < -0.39 is 0 Å². The third kappa shape index (κ3) is 17.0. The van der Waals surface area contributed by atoms with Crippen LogP contribution >= 0.6 is 15.9 Å². The van der Waals surface area contributed by atoms with E-state index in [0.717, 1.165) is 31.0 Å². The average molecular weight is 427 g/mol. The molecule has 150 valence electrons. The van der Waals surface area contributed by atoms with Crippen LogP contribution in [0.2, 0.25) is 0 Å². The number of carbonyl (C=O) groups excluding carboxylic acids is 1. The van der Waals surface area contributed by atoms with E-state index in [1.54, 1.807) is 0 Å². The van der Waals surface area contributed by atoms with Gasteiger partial charge in [-0.05, 0) is 12.8 Å². The van der Waals surface area contributed by atoms with Crippen LogP contribution in [0.1, 0.15) is 39.5 Å². The monoisotopic (exact) mass is 426 g/mol. The van der Waals surface area contributed by atoms with Gasteiger partial charge in [0.25, 0.3) is 0 Å². The van der Waals surface area contributed by atoms with Crippen molar-refractivity contribution < 1.29 is 28.5 Å². The Balaban J connectivity index is 3.29. The molecule has 0 saturated carbocycles. The Morgan fingerprint density at radius 1 is 0.800 bits per heavy atom. The highest BCUT2D eigenvalue weighted by Crippen LogP contribution is 2.14. The first-order valence-corrected chi connectivity index (χ1v) is 10.4. The topological polar surface area (TPSA) is 63.2 Å². The van der Waals surface area contributed by atoms with Gasteiger partial charge in [0.15, 0.2) is 0 Å². The van der Waals surface area contributed by atoms with Crippen molar-refractivity contribution in [3.05, 3.63) is 0 Å². The Morgan fingerprint density at radius 2 is 1.28 bits per heavy atom. The molecule has 6 nitrogen and oxygen atoms in total. The third-order valence-corrected chi connectivity index (χ3v) is 3.87. The molecule has 0 aliphatic heterocycles. The minimum absolute atomic E-state index is 0.0214. The number of hydrogen-bond donors (Lipinski definition) is 0. The quantitative estimate of drug-likeness (QED) is 0.179. The zero-order chi connectivity index (χ0) is 18.6. The summed E-state index contributed by atoms with van der Waals surface area (Å²) in [6, 6.07) is 0. The number of hydrogen-bond acceptors (Lipinski definition) is 6. The standard InChI is InChI=1S/C18H35BrO6/c1-3-5-6-17(4-2)18(20)25-16-15-24-14-13-23-12-11-22-10-9-21-8-7-19/h17H,3-16H2,1-2H3. The van der Waals surface area contributed by atoms with Crippen molar-refractivity contribution in [3.63, 3.8) is 0 Å². The van der Waals surface area contributed by atoms with Crippen LogP contribution in [0.5, 0.6) is 0 Å². The summed E-state index contributed by atoms with van der Waals surface area (Å²) in [7, 11) is 0. The highest BCUT2D eigenvalue weighted by Gasteiger charge is 2.16. The molecule has 1 atom stereocenters.